The van der Waals surface area contributed by atoms with E-state index in [4.69, 9.17) is 4.74 Å². The molecule has 0 saturated heterocycles. The number of hydrogen-bond donors (Lipinski definition) is 1. The van der Waals surface area contributed by atoms with Gasteiger partial charge >= 0.3 is 5.97 Å². The van der Waals surface area contributed by atoms with Crippen LogP contribution in [0.2, 0.25) is 0 Å². The van der Waals surface area contributed by atoms with E-state index in [9.17, 15) is 14.0 Å². The number of carbonyl (C=O) groups excluding carboxylic acids is 2. The quantitative estimate of drug-likeness (QED) is 0.828. The van der Waals surface area contributed by atoms with E-state index in [1.807, 2.05) is 6.07 Å². The van der Waals surface area contributed by atoms with Gasteiger partial charge in [0.25, 0.3) is 5.91 Å². The highest BCUT2D eigenvalue weighted by Gasteiger charge is 2.22. The summed E-state index contributed by atoms with van der Waals surface area (Å²) in [5.41, 5.74) is 2.01. The van der Waals surface area contributed by atoms with Crippen LogP contribution in [0.5, 0.6) is 0 Å². The number of fused-ring (bicyclic) bond motifs is 1. The molecule has 1 N–H and O–H groups in total. The summed E-state index contributed by atoms with van der Waals surface area (Å²) in [5.74, 6) is -1.15. The zero-order valence-electron chi connectivity index (χ0n) is 14.0. The molecule has 0 saturated carbocycles. The van der Waals surface area contributed by atoms with Crippen LogP contribution in [0.25, 0.3) is 0 Å². The lowest BCUT2D eigenvalue weighted by molar-refractivity contribution is -0.129. The number of halogens is 1. The molecule has 0 aliphatic heterocycles. The van der Waals surface area contributed by atoms with Crippen molar-refractivity contribution in [1.82, 2.24) is 5.32 Å². The first kappa shape index (κ1) is 17.6. The molecule has 25 heavy (non-hydrogen) atoms. The third kappa shape index (κ3) is 4.45. The molecule has 0 spiro atoms. The molecule has 1 aromatic carbocycles. The minimum Gasteiger partial charge on any atom is -0.448 e. The third-order valence-electron chi connectivity index (χ3n) is 4.23. The Labute approximate surface area is 150 Å². The van der Waals surface area contributed by atoms with Crippen molar-refractivity contribution < 1.29 is 18.7 Å². The van der Waals surface area contributed by atoms with Crippen LogP contribution in [-0.4, -0.2) is 18.0 Å². The summed E-state index contributed by atoms with van der Waals surface area (Å²) in [6.45, 7) is 1.81. The monoisotopic (exact) mass is 361 g/mol. The standard InChI is InChI=1S/C19H20FNO3S/c1-12(18(22)21-11-13-6-8-15(20)9-7-13)24-19(23)17-10-14-4-2-3-5-16(14)25-17/h6-10,12H,2-5,11H2,1H3,(H,21,22)/t12-/m0/s1. The van der Waals surface area contributed by atoms with Crippen molar-refractivity contribution >= 4 is 23.2 Å². The number of hydrogen-bond acceptors (Lipinski definition) is 4. The number of benzene rings is 1. The van der Waals surface area contributed by atoms with Crippen LogP contribution in [0.1, 0.15) is 45.4 Å². The molecule has 1 aromatic heterocycles. The topological polar surface area (TPSA) is 55.4 Å². The number of ether oxygens (including phenoxy) is 1. The van der Waals surface area contributed by atoms with Crippen molar-refractivity contribution in [1.29, 1.82) is 0 Å². The second kappa shape index (κ2) is 7.78. The number of esters is 1. The average Bonchev–Trinajstić information content (AvgIpc) is 3.05. The summed E-state index contributed by atoms with van der Waals surface area (Å²) in [6, 6.07) is 7.77. The molecule has 0 unspecified atom stereocenters. The highest BCUT2D eigenvalue weighted by molar-refractivity contribution is 7.14. The number of nitrogens with one attached hydrogen (secondary N) is 1. The molecule has 132 valence electrons. The molecule has 6 heteroatoms. The highest BCUT2D eigenvalue weighted by atomic mass is 32.1. The van der Waals surface area contributed by atoms with Crippen LogP contribution < -0.4 is 5.32 Å². The molecule has 1 atom stereocenters. The Morgan fingerprint density at radius 1 is 1.24 bits per heavy atom. The van der Waals surface area contributed by atoms with Crippen LogP contribution in [0.3, 0.4) is 0 Å². The Morgan fingerprint density at radius 3 is 2.68 bits per heavy atom. The van der Waals surface area contributed by atoms with E-state index in [0.29, 0.717) is 4.88 Å². The number of thiophene rings is 1. The van der Waals surface area contributed by atoms with E-state index in [-0.39, 0.29) is 18.3 Å². The average molecular weight is 361 g/mol. The van der Waals surface area contributed by atoms with E-state index in [1.54, 1.807) is 19.1 Å². The van der Waals surface area contributed by atoms with Gasteiger partial charge in [-0.15, -0.1) is 11.3 Å². The summed E-state index contributed by atoms with van der Waals surface area (Å²) in [5, 5.41) is 2.69. The predicted molar refractivity (Wildman–Crippen MR) is 94.1 cm³/mol. The Kier molecular flexibility index (Phi) is 5.48. The Bertz CT molecular complexity index is 746. The summed E-state index contributed by atoms with van der Waals surface area (Å²) >= 11 is 1.47. The van der Waals surface area contributed by atoms with E-state index >= 15 is 0 Å². The zero-order chi connectivity index (χ0) is 17.8. The second-order valence-corrected chi connectivity index (χ2v) is 7.29. The summed E-state index contributed by atoms with van der Waals surface area (Å²) < 4.78 is 18.1. The van der Waals surface area contributed by atoms with E-state index in [1.165, 1.54) is 33.9 Å². The van der Waals surface area contributed by atoms with Gasteiger partial charge in [-0.1, -0.05) is 12.1 Å². The van der Waals surface area contributed by atoms with Gasteiger partial charge in [0, 0.05) is 11.4 Å². The summed E-state index contributed by atoms with van der Waals surface area (Å²) in [4.78, 5) is 26.2. The predicted octanol–water partition coefficient (Wildman–Crippen LogP) is 3.63. The summed E-state index contributed by atoms with van der Waals surface area (Å²) in [6.07, 6.45) is 3.45. The Morgan fingerprint density at radius 2 is 1.96 bits per heavy atom. The first-order valence-corrected chi connectivity index (χ1v) is 9.19. The molecule has 0 bridgehead atoms. The van der Waals surface area contributed by atoms with Gasteiger partial charge in [-0.25, -0.2) is 9.18 Å². The maximum Gasteiger partial charge on any atom is 0.349 e. The molecule has 0 fully saturated rings. The van der Waals surface area contributed by atoms with Gasteiger partial charge in [-0.3, -0.25) is 4.79 Å². The zero-order valence-corrected chi connectivity index (χ0v) is 14.8. The van der Waals surface area contributed by atoms with E-state index in [2.05, 4.69) is 5.32 Å². The SMILES string of the molecule is C[C@H](OC(=O)c1cc2c(s1)CCCC2)C(=O)NCc1ccc(F)cc1. The maximum absolute atomic E-state index is 12.9. The van der Waals surface area contributed by atoms with Gasteiger partial charge in [0.15, 0.2) is 6.10 Å². The van der Waals surface area contributed by atoms with Crippen molar-refractivity contribution in [3.8, 4) is 0 Å². The minimum atomic E-state index is -0.882. The second-order valence-electron chi connectivity index (χ2n) is 6.16. The molecule has 1 heterocycles. The maximum atomic E-state index is 12.9. The van der Waals surface area contributed by atoms with Crippen molar-refractivity contribution in [2.24, 2.45) is 0 Å². The van der Waals surface area contributed by atoms with Crippen LogP contribution in [0, 0.1) is 5.82 Å². The molecule has 0 radical (unpaired) electrons. The molecular weight excluding hydrogens is 341 g/mol. The minimum absolute atomic E-state index is 0.258. The largest absolute Gasteiger partial charge is 0.448 e. The molecule has 1 aliphatic carbocycles. The molecule has 1 amide bonds. The molecular formula is C19H20FNO3S. The smallest absolute Gasteiger partial charge is 0.349 e. The lowest BCUT2D eigenvalue weighted by Gasteiger charge is -2.13. The Balaban J connectivity index is 1.52. The van der Waals surface area contributed by atoms with Crippen molar-refractivity contribution in [3.63, 3.8) is 0 Å². The number of carbonyl (C=O) groups is 2. The van der Waals surface area contributed by atoms with Crippen molar-refractivity contribution in [3.05, 3.63) is 57.0 Å². The van der Waals surface area contributed by atoms with Gasteiger partial charge in [-0.05, 0) is 61.9 Å². The number of amides is 1. The van der Waals surface area contributed by atoms with Gasteiger partial charge in [-0.2, -0.15) is 0 Å². The molecule has 1 aliphatic rings. The molecule has 3 rings (SSSR count). The molecule has 2 aromatic rings. The van der Waals surface area contributed by atoms with Gasteiger partial charge < -0.3 is 10.1 Å². The fourth-order valence-corrected chi connectivity index (χ4v) is 3.94. The van der Waals surface area contributed by atoms with Gasteiger partial charge in [0.2, 0.25) is 0 Å². The van der Waals surface area contributed by atoms with Crippen LogP contribution in [0.15, 0.2) is 30.3 Å². The lowest BCUT2D eigenvalue weighted by atomic mass is 9.99. The number of aryl methyl sites for hydroxylation is 2. The third-order valence-corrected chi connectivity index (χ3v) is 5.45. The fraction of sp³-hybridized carbons (Fsp3) is 0.368. The van der Waals surface area contributed by atoms with E-state index in [0.717, 1.165) is 31.2 Å². The molecule has 4 nitrogen and oxygen atoms in total. The highest BCUT2D eigenvalue weighted by Crippen LogP contribution is 2.30. The first-order valence-electron chi connectivity index (χ1n) is 8.37. The summed E-state index contributed by atoms with van der Waals surface area (Å²) in [7, 11) is 0. The van der Waals surface area contributed by atoms with Crippen LogP contribution >= 0.6 is 11.3 Å². The number of rotatable bonds is 5. The van der Waals surface area contributed by atoms with Crippen LogP contribution in [0.4, 0.5) is 4.39 Å². The van der Waals surface area contributed by atoms with E-state index < -0.39 is 12.1 Å². The first-order chi connectivity index (χ1) is 12.0. The van der Waals surface area contributed by atoms with Gasteiger partial charge in [0.05, 0.1) is 0 Å². The van der Waals surface area contributed by atoms with Crippen molar-refractivity contribution in [2.45, 2.75) is 45.3 Å². The van der Waals surface area contributed by atoms with Crippen LogP contribution in [-0.2, 0) is 28.9 Å². The Hall–Kier alpha value is -2.21. The fourth-order valence-electron chi connectivity index (χ4n) is 2.80. The lowest BCUT2D eigenvalue weighted by Crippen LogP contribution is -2.35. The van der Waals surface area contributed by atoms with Gasteiger partial charge in [0.1, 0.15) is 10.7 Å². The normalized spacial score (nSPS) is 14.5. The van der Waals surface area contributed by atoms with Crippen molar-refractivity contribution in [2.75, 3.05) is 0 Å².